The third kappa shape index (κ3) is 3.89. The molecule has 0 aliphatic rings. The first-order valence-corrected chi connectivity index (χ1v) is 6.21. The van der Waals surface area contributed by atoms with Gasteiger partial charge in [0, 0.05) is 19.7 Å². The summed E-state index contributed by atoms with van der Waals surface area (Å²) in [6.07, 6.45) is 0. The van der Waals surface area contributed by atoms with E-state index in [0.717, 1.165) is 18.7 Å². The summed E-state index contributed by atoms with van der Waals surface area (Å²) >= 11 is 0. The van der Waals surface area contributed by atoms with E-state index in [1.165, 1.54) is 0 Å². The number of nitrogens with zero attached hydrogens (tertiary/aromatic N) is 1. The van der Waals surface area contributed by atoms with Gasteiger partial charge in [0.25, 0.3) is 0 Å². The van der Waals surface area contributed by atoms with E-state index in [2.05, 4.69) is 18.7 Å². The SMILES string of the molecule is CCN(Cc1ccc(OC)c(O)c1)C(C)COC. The molecule has 4 heteroatoms. The fraction of sp³-hybridized carbons (Fsp3) is 0.571. The zero-order valence-corrected chi connectivity index (χ0v) is 11.6. The summed E-state index contributed by atoms with van der Waals surface area (Å²) in [5.74, 6) is 0.692. The van der Waals surface area contributed by atoms with Crippen molar-refractivity contribution in [3.63, 3.8) is 0 Å². The first kappa shape index (κ1) is 14.8. The minimum atomic E-state index is 0.186. The molecule has 0 bridgehead atoms. The standard InChI is InChI=1S/C14H23NO3/c1-5-15(11(2)10-17-3)9-12-6-7-14(18-4)13(16)8-12/h6-8,11,16H,5,9-10H2,1-4H3. The monoisotopic (exact) mass is 253 g/mol. The zero-order chi connectivity index (χ0) is 13.5. The molecule has 1 atom stereocenters. The van der Waals surface area contributed by atoms with Gasteiger partial charge in [0.2, 0.25) is 0 Å². The lowest BCUT2D eigenvalue weighted by Gasteiger charge is -2.27. The molecular formula is C14H23NO3. The van der Waals surface area contributed by atoms with Gasteiger partial charge < -0.3 is 14.6 Å². The van der Waals surface area contributed by atoms with Crippen LogP contribution in [0.4, 0.5) is 0 Å². The number of hydrogen-bond donors (Lipinski definition) is 1. The number of rotatable bonds is 7. The molecule has 1 N–H and O–H groups in total. The number of hydrogen-bond acceptors (Lipinski definition) is 4. The Labute approximate surface area is 109 Å². The van der Waals surface area contributed by atoms with E-state index in [-0.39, 0.29) is 5.75 Å². The molecule has 0 spiro atoms. The van der Waals surface area contributed by atoms with Crippen LogP contribution in [-0.4, -0.2) is 43.4 Å². The van der Waals surface area contributed by atoms with Crippen molar-refractivity contribution >= 4 is 0 Å². The molecule has 0 fully saturated rings. The van der Waals surface area contributed by atoms with Crippen LogP contribution in [-0.2, 0) is 11.3 Å². The van der Waals surface area contributed by atoms with Crippen LogP contribution >= 0.6 is 0 Å². The van der Waals surface area contributed by atoms with E-state index in [9.17, 15) is 5.11 Å². The average molecular weight is 253 g/mol. The van der Waals surface area contributed by atoms with Crippen molar-refractivity contribution in [1.29, 1.82) is 0 Å². The molecule has 0 aliphatic carbocycles. The maximum absolute atomic E-state index is 9.75. The van der Waals surface area contributed by atoms with Crippen LogP contribution < -0.4 is 4.74 Å². The number of benzene rings is 1. The number of phenols is 1. The molecule has 0 radical (unpaired) electrons. The van der Waals surface area contributed by atoms with Crippen molar-refractivity contribution in [1.82, 2.24) is 4.90 Å². The molecule has 0 heterocycles. The predicted octanol–water partition coefficient (Wildman–Crippen LogP) is 2.26. The fourth-order valence-corrected chi connectivity index (χ4v) is 1.99. The van der Waals surface area contributed by atoms with Gasteiger partial charge in [-0.15, -0.1) is 0 Å². The van der Waals surface area contributed by atoms with E-state index < -0.39 is 0 Å². The maximum atomic E-state index is 9.75. The number of phenolic OH excluding ortho intramolecular Hbond substituents is 1. The van der Waals surface area contributed by atoms with Crippen LogP contribution in [0, 0.1) is 0 Å². The van der Waals surface area contributed by atoms with Crippen molar-refractivity contribution in [3.8, 4) is 11.5 Å². The summed E-state index contributed by atoms with van der Waals surface area (Å²) in [5, 5.41) is 9.75. The fourth-order valence-electron chi connectivity index (χ4n) is 1.99. The number of methoxy groups -OCH3 is 2. The lowest BCUT2D eigenvalue weighted by molar-refractivity contribution is 0.0981. The Morgan fingerprint density at radius 2 is 2.06 bits per heavy atom. The van der Waals surface area contributed by atoms with Crippen LogP contribution in [0.5, 0.6) is 11.5 Å². The predicted molar refractivity (Wildman–Crippen MR) is 72.1 cm³/mol. The highest BCUT2D eigenvalue weighted by Crippen LogP contribution is 2.26. The van der Waals surface area contributed by atoms with E-state index in [4.69, 9.17) is 9.47 Å². The molecule has 18 heavy (non-hydrogen) atoms. The largest absolute Gasteiger partial charge is 0.504 e. The van der Waals surface area contributed by atoms with E-state index in [1.54, 1.807) is 26.4 Å². The Balaban J connectivity index is 2.72. The van der Waals surface area contributed by atoms with E-state index in [0.29, 0.717) is 18.4 Å². The molecule has 0 amide bonds. The van der Waals surface area contributed by atoms with Crippen molar-refractivity contribution in [2.24, 2.45) is 0 Å². The molecule has 1 rings (SSSR count). The third-order valence-electron chi connectivity index (χ3n) is 3.07. The molecule has 4 nitrogen and oxygen atoms in total. The second kappa shape index (κ2) is 7.24. The topological polar surface area (TPSA) is 41.9 Å². The molecule has 0 aliphatic heterocycles. The summed E-state index contributed by atoms with van der Waals surface area (Å²) in [6, 6.07) is 5.87. The molecule has 102 valence electrons. The Hall–Kier alpha value is -1.26. The van der Waals surface area contributed by atoms with Gasteiger partial charge in [-0.3, -0.25) is 4.90 Å². The highest BCUT2D eigenvalue weighted by molar-refractivity contribution is 5.41. The van der Waals surface area contributed by atoms with Crippen molar-refractivity contribution in [2.75, 3.05) is 27.4 Å². The molecule has 1 aromatic carbocycles. The lowest BCUT2D eigenvalue weighted by Crippen LogP contribution is -2.35. The van der Waals surface area contributed by atoms with Crippen LogP contribution in [0.3, 0.4) is 0 Å². The van der Waals surface area contributed by atoms with Crippen molar-refractivity contribution in [2.45, 2.75) is 26.4 Å². The summed E-state index contributed by atoms with van der Waals surface area (Å²) in [5.41, 5.74) is 1.07. The van der Waals surface area contributed by atoms with Gasteiger partial charge in [-0.05, 0) is 31.2 Å². The lowest BCUT2D eigenvalue weighted by atomic mass is 10.1. The van der Waals surface area contributed by atoms with Crippen LogP contribution in [0.1, 0.15) is 19.4 Å². The Bertz CT molecular complexity index is 368. The first-order valence-electron chi connectivity index (χ1n) is 6.21. The second-order valence-electron chi connectivity index (χ2n) is 4.37. The van der Waals surface area contributed by atoms with Gasteiger partial charge in [-0.25, -0.2) is 0 Å². The van der Waals surface area contributed by atoms with E-state index in [1.807, 2.05) is 6.07 Å². The quantitative estimate of drug-likeness (QED) is 0.809. The van der Waals surface area contributed by atoms with Gasteiger partial charge >= 0.3 is 0 Å². The van der Waals surface area contributed by atoms with Crippen LogP contribution in [0.25, 0.3) is 0 Å². The van der Waals surface area contributed by atoms with Gasteiger partial charge in [-0.1, -0.05) is 13.0 Å². The number of likely N-dealkylation sites (N-methyl/N-ethyl adjacent to an activating group) is 1. The Morgan fingerprint density at radius 3 is 2.56 bits per heavy atom. The summed E-state index contributed by atoms with van der Waals surface area (Å²) in [4.78, 5) is 2.30. The van der Waals surface area contributed by atoms with Crippen molar-refractivity contribution < 1.29 is 14.6 Å². The molecule has 0 saturated heterocycles. The third-order valence-corrected chi connectivity index (χ3v) is 3.07. The van der Waals surface area contributed by atoms with E-state index >= 15 is 0 Å². The van der Waals surface area contributed by atoms with Gasteiger partial charge in [0.1, 0.15) is 0 Å². The van der Waals surface area contributed by atoms with Gasteiger partial charge in [0.05, 0.1) is 13.7 Å². The zero-order valence-electron chi connectivity index (χ0n) is 11.6. The Kier molecular flexibility index (Phi) is 5.95. The normalized spacial score (nSPS) is 12.7. The minimum Gasteiger partial charge on any atom is -0.504 e. The van der Waals surface area contributed by atoms with Crippen molar-refractivity contribution in [3.05, 3.63) is 23.8 Å². The molecule has 0 aromatic heterocycles. The van der Waals surface area contributed by atoms with Crippen LogP contribution in [0.2, 0.25) is 0 Å². The maximum Gasteiger partial charge on any atom is 0.160 e. The molecule has 1 unspecified atom stereocenters. The second-order valence-corrected chi connectivity index (χ2v) is 4.37. The first-order chi connectivity index (χ1) is 8.62. The highest BCUT2D eigenvalue weighted by atomic mass is 16.5. The summed E-state index contributed by atoms with van der Waals surface area (Å²) < 4.78 is 10.2. The Morgan fingerprint density at radius 1 is 1.33 bits per heavy atom. The van der Waals surface area contributed by atoms with Gasteiger partial charge in [-0.2, -0.15) is 0 Å². The highest BCUT2D eigenvalue weighted by Gasteiger charge is 2.13. The van der Waals surface area contributed by atoms with Gasteiger partial charge in [0.15, 0.2) is 11.5 Å². The summed E-state index contributed by atoms with van der Waals surface area (Å²) in [7, 11) is 3.26. The van der Waals surface area contributed by atoms with Crippen LogP contribution in [0.15, 0.2) is 18.2 Å². The smallest absolute Gasteiger partial charge is 0.160 e. The number of aromatic hydroxyl groups is 1. The number of ether oxygens (including phenoxy) is 2. The summed E-state index contributed by atoms with van der Waals surface area (Å²) in [6.45, 7) is 6.69. The molecular weight excluding hydrogens is 230 g/mol. The minimum absolute atomic E-state index is 0.186. The molecule has 1 aromatic rings. The average Bonchev–Trinajstić information content (AvgIpc) is 2.36. The molecule has 0 saturated carbocycles.